The predicted molar refractivity (Wildman–Crippen MR) is 186 cm³/mol. The third-order valence-corrected chi connectivity index (χ3v) is 10.5. The second kappa shape index (κ2) is 12.9. The van der Waals surface area contributed by atoms with Gasteiger partial charge in [-0.05, 0) is 110 Å². The van der Waals surface area contributed by atoms with E-state index < -0.39 is 0 Å². The van der Waals surface area contributed by atoms with Crippen LogP contribution in [0.25, 0.3) is 11.1 Å². The van der Waals surface area contributed by atoms with Crippen LogP contribution in [0.15, 0.2) is 42.5 Å². The molecule has 258 valence electrons. The number of phenolic OH excluding ortho intramolecular Hbond substituents is 2. The number of hydrogen-bond acceptors (Lipinski definition) is 10. The van der Waals surface area contributed by atoms with Crippen molar-refractivity contribution in [2.45, 2.75) is 37.8 Å². The van der Waals surface area contributed by atoms with Gasteiger partial charge < -0.3 is 38.6 Å². The molecule has 3 aliphatic rings. The molecule has 0 bridgehead atoms. The van der Waals surface area contributed by atoms with E-state index in [2.05, 4.69) is 23.9 Å². The highest BCUT2D eigenvalue weighted by Crippen LogP contribution is 2.58. The van der Waals surface area contributed by atoms with Crippen LogP contribution in [0, 0.1) is 0 Å². The Morgan fingerprint density at radius 2 is 1.39 bits per heavy atom. The molecule has 4 aromatic rings. The molecule has 4 aromatic carbocycles. The lowest BCUT2D eigenvalue weighted by molar-refractivity contribution is 0.222. The Kier molecular flexibility index (Phi) is 8.62. The van der Waals surface area contributed by atoms with E-state index in [-0.39, 0.29) is 23.6 Å². The van der Waals surface area contributed by atoms with Gasteiger partial charge in [-0.15, -0.1) is 0 Å². The van der Waals surface area contributed by atoms with Crippen LogP contribution in [0.4, 0.5) is 0 Å². The molecule has 49 heavy (non-hydrogen) atoms. The van der Waals surface area contributed by atoms with Gasteiger partial charge in [-0.2, -0.15) is 0 Å². The number of benzene rings is 4. The van der Waals surface area contributed by atoms with Gasteiger partial charge in [-0.25, -0.2) is 0 Å². The second-order valence-corrected chi connectivity index (χ2v) is 13.1. The van der Waals surface area contributed by atoms with Crippen LogP contribution in [-0.4, -0.2) is 82.7 Å². The zero-order valence-corrected chi connectivity index (χ0v) is 29.2. The van der Waals surface area contributed by atoms with Gasteiger partial charge >= 0.3 is 0 Å². The molecule has 0 radical (unpaired) electrons. The molecular weight excluding hydrogens is 624 g/mol. The van der Waals surface area contributed by atoms with Crippen LogP contribution in [0.2, 0.25) is 0 Å². The first kappa shape index (κ1) is 32.7. The van der Waals surface area contributed by atoms with E-state index in [4.69, 9.17) is 28.4 Å². The number of nitrogens with zero attached hydrogens (tertiary/aromatic N) is 2. The van der Waals surface area contributed by atoms with Crippen molar-refractivity contribution < 1.29 is 38.6 Å². The maximum Gasteiger partial charge on any atom is 0.204 e. The summed E-state index contributed by atoms with van der Waals surface area (Å²) in [5.41, 5.74) is 8.59. The first-order valence-corrected chi connectivity index (χ1v) is 16.6. The highest BCUT2D eigenvalue weighted by atomic mass is 16.5. The number of methoxy groups -OCH3 is 5. The minimum atomic E-state index is 0.0271. The fourth-order valence-electron chi connectivity index (χ4n) is 7.98. The van der Waals surface area contributed by atoms with Gasteiger partial charge in [0.2, 0.25) is 5.75 Å². The quantitative estimate of drug-likeness (QED) is 0.207. The molecule has 2 heterocycles. The summed E-state index contributed by atoms with van der Waals surface area (Å²) in [4.78, 5) is 4.66. The third-order valence-electron chi connectivity index (χ3n) is 10.5. The van der Waals surface area contributed by atoms with Crippen molar-refractivity contribution in [1.29, 1.82) is 0 Å². The van der Waals surface area contributed by atoms with Crippen molar-refractivity contribution in [3.05, 3.63) is 75.8 Å². The van der Waals surface area contributed by atoms with Crippen LogP contribution >= 0.6 is 0 Å². The minimum absolute atomic E-state index is 0.0271. The Morgan fingerprint density at radius 1 is 0.673 bits per heavy atom. The van der Waals surface area contributed by atoms with Gasteiger partial charge in [0.15, 0.2) is 46.0 Å². The van der Waals surface area contributed by atoms with Gasteiger partial charge in [-0.3, -0.25) is 9.80 Å². The van der Waals surface area contributed by atoms with Crippen molar-refractivity contribution in [3.63, 3.8) is 0 Å². The monoisotopic (exact) mass is 668 g/mol. The summed E-state index contributed by atoms with van der Waals surface area (Å²) >= 11 is 0. The third kappa shape index (κ3) is 5.43. The van der Waals surface area contributed by atoms with E-state index in [1.54, 1.807) is 41.6 Å². The van der Waals surface area contributed by atoms with E-state index >= 15 is 0 Å². The van der Waals surface area contributed by atoms with Crippen molar-refractivity contribution >= 4 is 0 Å². The van der Waals surface area contributed by atoms with Gasteiger partial charge in [0.05, 0.1) is 35.5 Å². The molecular formula is C39H44N2O8. The molecule has 10 nitrogen and oxygen atoms in total. The molecule has 0 fully saturated rings. The molecule has 0 unspecified atom stereocenters. The zero-order valence-electron chi connectivity index (χ0n) is 29.2. The van der Waals surface area contributed by atoms with Crippen LogP contribution in [-0.2, 0) is 25.7 Å². The fraction of sp³-hybridized carbons (Fsp3) is 0.385. The van der Waals surface area contributed by atoms with Crippen molar-refractivity contribution in [3.8, 4) is 62.9 Å². The molecule has 0 saturated heterocycles. The molecule has 1 aliphatic carbocycles. The fourth-order valence-corrected chi connectivity index (χ4v) is 7.98. The smallest absolute Gasteiger partial charge is 0.204 e. The topological polar surface area (TPSA) is 102 Å². The molecule has 0 amide bonds. The van der Waals surface area contributed by atoms with Crippen molar-refractivity contribution in [2.24, 2.45) is 0 Å². The summed E-state index contributed by atoms with van der Waals surface area (Å²) in [6, 6.07) is 13.4. The number of phenols is 2. The summed E-state index contributed by atoms with van der Waals surface area (Å²) in [6.07, 6.45) is 3.11. The van der Waals surface area contributed by atoms with E-state index in [1.807, 2.05) is 36.4 Å². The number of ether oxygens (including phenoxy) is 6. The normalized spacial score (nSPS) is 18.2. The predicted octanol–water partition coefficient (Wildman–Crippen LogP) is 6.46. The molecule has 2 N–H and O–H groups in total. The van der Waals surface area contributed by atoms with E-state index in [9.17, 15) is 10.2 Å². The van der Waals surface area contributed by atoms with Crippen LogP contribution in [0.5, 0.6) is 51.7 Å². The first-order valence-electron chi connectivity index (χ1n) is 16.6. The zero-order chi connectivity index (χ0) is 34.6. The van der Waals surface area contributed by atoms with E-state index in [0.717, 1.165) is 77.0 Å². The van der Waals surface area contributed by atoms with Crippen molar-refractivity contribution in [2.75, 3.05) is 62.7 Å². The number of hydrogen-bond donors (Lipinski definition) is 2. The van der Waals surface area contributed by atoms with Crippen LogP contribution in [0.1, 0.15) is 45.5 Å². The molecule has 7 rings (SSSR count). The molecule has 0 saturated carbocycles. The first-order chi connectivity index (χ1) is 23.7. The Balaban J connectivity index is 1.27. The largest absolute Gasteiger partial charge is 0.504 e. The Morgan fingerprint density at radius 3 is 2.10 bits per heavy atom. The minimum Gasteiger partial charge on any atom is -0.504 e. The van der Waals surface area contributed by atoms with Gasteiger partial charge in [0.25, 0.3) is 0 Å². The number of rotatable bonds is 9. The van der Waals surface area contributed by atoms with Crippen LogP contribution in [0.3, 0.4) is 0 Å². The lowest BCUT2D eigenvalue weighted by atomic mass is 9.76. The number of fused-ring (bicyclic) bond motifs is 3. The molecule has 0 spiro atoms. The SMILES string of the molecule is COc1cc2c(cc1O)[C@H](Cc1ccc(O)c(Oc3cc4c(cc3OC)-c3c(OC)c(OC)c(OC)c5c3[C@H](C4)N(C)CC5)c1)N(C)CC2. The Labute approximate surface area is 287 Å². The standard InChI is InChI=1S/C39H44N2O8/c1-40-12-10-22-17-31(44-3)30(43)19-25(22)27(40)14-21-8-9-29(42)32(15-21)49-34-18-23-16-28-35-24(11-13-41(28)2)37(46-5)39(48-7)38(47-6)36(35)26(23)20-33(34)45-4/h8-9,15,17-20,27-28,42-43H,10-14,16H2,1-7H3/t27-,28-/m0/s1. The summed E-state index contributed by atoms with van der Waals surface area (Å²) < 4.78 is 35.6. The second-order valence-electron chi connectivity index (χ2n) is 13.1. The Hall–Kier alpha value is -4.80. The summed E-state index contributed by atoms with van der Waals surface area (Å²) in [7, 11) is 12.4. The number of aromatic hydroxyl groups is 2. The molecule has 10 heteroatoms. The maximum atomic E-state index is 11.0. The summed E-state index contributed by atoms with van der Waals surface area (Å²) in [5, 5.41) is 21.6. The Bertz CT molecular complexity index is 1920. The maximum absolute atomic E-state index is 11.0. The molecule has 2 atom stereocenters. The number of likely N-dealkylation sites (N-methyl/N-ethyl adjacent to an activating group) is 2. The highest BCUT2D eigenvalue weighted by molar-refractivity contribution is 5.87. The molecule has 2 aliphatic heterocycles. The van der Waals surface area contributed by atoms with Crippen molar-refractivity contribution in [1.82, 2.24) is 9.80 Å². The van der Waals surface area contributed by atoms with E-state index in [0.29, 0.717) is 40.9 Å². The highest BCUT2D eigenvalue weighted by Gasteiger charge is 2.40. The van der Waals surface area contributed by atoms with E-state index in [1.165, 1.54) is 5.56 Å². The van der Waals surface area contributed by atoms with Crippen LogP contribution < -0.4 is 28.4 Å². The average molecular weight is 669 g/mol. The lowest BCUT2D eigenvalue weighted by Crippen LogP contribution is -2.36. The molecule has 0 aromatic heterocycles. The summed E-state index contributed by atoms with van der Waals surface area (Å²) in [5.74, 6) is 3.95. The average Bonchev–Trinajstić information content (AvgIpc) is 3.11. The van der Waals surface area contributed by atoms with Gasteiger partial charge in [-0.1, -0.05) is 6.07 Å². The summed E-state index contributed by atoms with van der Waals surface area (Å²) in [6.45, 7) is 1.76. The lowest BCUT2D eigenvalue weighted by Gasteiger charge is -2.41. The van der Waals surface area contributed by atoms with Gasteiger partial charge in [0.1, 0.15) is 0 Å². The van der Waals surface area contributed by atoms with Gasteiger partial charge in [0, 0.05) is 36.3 Å².